The van der Waals surface area contributed by atoms with Gasteiger partial charge in [0.15, 0.2) is 0 Å². The molecule has 1 N–H and O–H groups in total. The van der Waals surface area contributed by atoms with E-state index in [2.05, 4.69) is 24.1 Å². The first-order valence-electron chi connectivity index (χ1n) is 6.71. The van der Waals surface area contributed by atoms with Gasteiger partial charge in [-0.1, -0.05) is 0 Å². The molecule has 0 amide bonds. The third kappa shape index (κ3) is 2.83. The van der Waals surface area contributed by atoms with Crippen LogP contribution in [-0.4, -0.2) is 25.7 Å². The van der Waals surface area contributed by atoms with Gasteiger partial charge < -0.3 is 10.2 Å². The van der Waals surface area contributed by atoms with Gasteiger partial charge in [0.25, 0.3) is 0 Å². The second-order valence-electron chi connectivity index (χ2n) is 5.86. The van der Waals surface area contributed by atoms with Gasteiger partial charge in [-0.05, 0) is 70.5 Å². The first kappa shape index (κ1) is 13.3. The van der Waals surface area contributed by atoms with E-state index >= 15 is 0 Å². The third-order valence-electron chi connectivity index (χ3n) is 3.97. The molecule has 0 aromatic heterocycles. The number of nitrogens with zero attached hydrogens (tertiary/aromatic N) is 1. The van der Waals surface area contributed by atoms with Crippen LogP contribution in [0.1, 0.15) is 26.7 Å². The van der Waals surface area contributed by atoms with Gasteiger partial charge in [-0.2, -0.15) is 0 Å². The Hall–Kier alpha value is -1.09. The number of piperidine rings is 1. The first-order valence-corrected chi connectivity index (χ1v) is 6.71. The molecule has 2 nitrogen and oxygen atoms in total. The predicted molar refractivity (Wildman–Crippen MR) is 74.5 cm³/mol. The number of hydrogen-bond acceptors (Lipinski definition) is 2. The Balaban J connectivity index is 2.18. The lowest BCUT2D eigenvalue weighted by Gasteiger charge is -2.47. The summed E-state index contributed by atoms with van der Waals surface area (Å²) in [6.07, 6.45) is 2.43. The maximum absolute atomic E-state index is 13.0. The summed E-state index contributed by atoms with van der Waals surface area (Å²) in [5.74, 6) is 0.508. The van der Waals surface area contributed by atoms with Crippen molar-refractivity contribution in [1.29, 1.82) is 0 Å². The summed E-state index contributed by atoms with van der Waals surface area (Å²) in [6, 6.07) is 6.87. The van der Waals surface area contributed by atoms with Crippen molar-refractivity contribution in [2.45, 2.75) is 32.2 Å². The van der Waals surface area contributed by atoms with Gasteiger partial charge in [0.05, 0.1) is 0 Å². The van der Waals surface area contributed by atoms with E-state index in [0.29, 0.717) is 5.92 Å². The van der Waals surface area contributed by atoms with Crippen LogP contribution in [0.4, 0.5) is 10.1 Å². The number of rotatable bonds is 3. The predicted octanol–water partition coefficient (Wildman–Crippen LogP) is 3.04. The molecular formula is C15H23FN2. The molecule has 18 heavy (non-hydrogen) atoms. The van der Waals surface area contributed by atoms with E-state index in [4.69, 9.17) is 0 Å². The molecule has 0 radical (unpaired) electrons. The molecule has 1 unspecified atom stereocenters. The van der Waals surface area contributed by atoms with E-state index < -0.39 is 0 Å². The highest BCUT2D eigenvalue weighted by Crippen LogP contribution is 2.34. The van der Waals surface area contributed by atoms with E-state index in [-0.39, 0.29) is 11.4 Å². The zero-order valence-electron chi connectivity index (χ0n) is 11.5. The average Bonchev–Trinajstić information content (AvgIpc) is 2.33. The van der Waals surface area contributed by atoms with E-state index in [0.717, 1.165) is 18.8 Å². The highest BCUT2D eigenvalue weighted by atomic mass is 19.1. The summed E-state index contributed by atoms with van der Waals surface area (Å²) in [4.78, 5) is 2.41. The van der Waals surface area contributed by atoms with Crippen molar-refractivity contribution < 1.29 is 4.39 Å². The normalized spacial score (nSPS) is 23.1. The van der Waals surface area contributed by atoms with Gasteiger partial charge in [0, 0.05) is 17.8 Å². The maximum atomic E-state index is 13.0. The molecule has 0 aliphatic carbocycles. The van der Waals surface area contributed by atoms with Crippen LogP contribution >= 0.6 is 0 Å². The summed E-state index contributed by atoms with van der Waals surface area (Å²) < 4.78 is 13.0. The molecule has 1 fully saturated rings. The fourth-order valence-corrected chi connectivity index (χ4v) is 2.82. The number of halogens is 1. The van der Waals surface area contributed by atoms with Crippen molar-refractivity contribution in [1.82, 2.24) is 5.32 Å². The number of anilines is 1. The lowest BCUT2D eigenvalue weighted by molar-refractivity contribution is 0.287. The number of hydrogen-bond donors (Lipinski definition) is 1. The molecule has 1 aliphatic rings. The molecule has 1 saturated heterocycles. The molecule has 0 spiro atoms. The second kappa shape index (κ2) is 5.27. The lowest BCUT2D eigenvalue weighted by atomic mass is 9.84. The van der Waals surface area contributed by atoms with Crippen LogP contribution in [0.5, 0.6) is 0 Å². The molecule has 100 valence electrons. The summed E-state index contributed by atoms with van der Waals surface area (Å²) in [5, 5.41) is 3.26. The quantitative estimate of drug-likeness (QED) is 0.887. The summed E-state index contributed by atoms with van der Waals surface area (Å²) in [6.45, 7) is 6.63. The zero-order valence-corrected chi connectivity index (χ0v) is 11.5. The molecule has 0 saturated carbocycles. The molecule has 1 aromatic carbocycles. The highest BCUT2D eigenvalue weighted by Gasteiger charge is 2.33. The Morgan fingerprint density at radius 3 is 2.61 bits per heavy atom. The summed E-state index contributed by atoms with van der Waals surface area (Å²) >= 11 is 0. The van der Waals surface area contributed by atoms with E-state index in [1.54, 1.807) is 12.1 Å². The van der Waals surface area contributed by atoms with Crippen molar-refractivity contribution in [3.63, 3.8) is 0 Å². The third-order valence-corrected chi connectivity index (χ3v) is 3.97. The molecule has 0 bridgehead atoms. The van der Waals surface area contributed by atoms with Crippen molar-refractivity contribution in [2.75, 3.05) is 25.0 Å². The van der Waals surface area contributed by atoms with Crippen molar-refractivity contribution in [3.8, 4) is 0 Å². The zero-order chi connectivity index (χ0) is 13.2. The van der Waals surface area contributed by atoms with Gasteiger partial charge in [0.1, 0.15) is 5.82 Å². The minimum atomic E-state index is -0.166. The minimum absolute atomic E-state index is 0.155. The van der Waals surface area contributed by atoms with E-state index in [1.165, 1.54) is 12.8 Å². The molecule has 1 aromatic rings. The van der Waals surface area contributed by atoms with Gasteiger partial charge in [-0.25, -0.2) is 4.39 Å². The smallest absolute Gasteiger partial charge is 0.123 e. The molecule has 2 rings (SSSR count). The molecular weight excluding hydrogens is 227 g/mol. The Morgan fingerprint density at radius 2 is 2.00 bits per heavy atom. The van der Waals surface area contributed by atoms with Crippen LogP contribution in [0.3, 0.4) is 0 Å². The van der Waals surface area contributed by atoms with Crippen molar-refractivity contribution >= 4 is 5.69 Å². The van der Waals surface area contributed by atoms with Crippen LogP contribution in [0.25, 0.3) is 0 Å². The van der Waals surface area contributed by atoms with Gasteiger partial charge in [0.2, 0.25) is 0 Å². The summed E-state index contributed by atoms with van der Waals surface area (Å²) in [7, 11) is 2.00. The van der Waals surface area contributed by atoms with E-state index in [1.807, 2.05) is 19.2 Å². The van der Waals surface area contributed by atoms with Gasteiger partial charge in [-0.3, -0.25) is 0 Å². The number of benzene rings is 1. The summed E-state index contributed by atoms with van der Waals surface area (Å²) in [5.41, 5.74) is 1.28. The fourth-order valence-electron chi connectivity index (χ4n) is 2.82. The largest absolute Gasteiger partial charge is 0.366 e. The van der Waals surface area contributed by atoms with Crippen LogP contribution in [0.15, 0.2) is 24.3 Å². The van der Waals surface area contributed by atoms with Gasteiger partial charge >= 0.3 is 0 Å². The van der Waals surface area contributed by atoms with Crippen LogP contribution in [-0.2, 0) is 0 Å². The monoisotopic (exact) mass is 250 g/mol. The Morgan fingerprint density at radius 1 is 1.33 bits per heavy atom. The van der Waals surface area contributed by atoms with Crippen LogP contribution < -0.4 is 10.2 Å². The minimum Gasteiger partial charge on any atom is -0.366 e. The molecule has 3 heteroatoms. The second-order valence-corrected chi connectivity index (χ2v) is 5.86. The Kier molecular flexibility index (Phi) is 3.91. The van der Waals surface area contributed by atoms with Crippen LogP contribution in [0, 0.1) is 11.7 Å². The average molecular weight is 250 g/mol. The maximum Gasteiger partial charge on any atom is 0.123 e. The molecule has 1 aliphatic heterocycles. The standard InChI is InChI=1S/C15H23FN2/c1-15(2)9-8-12(10-17-3)11-18(15)14-6-4-13(16)5-7-14/h4-7,12,17H,8-11H2,1-3H3. The number of nitrogens with one attached hydrogen (secondary N) is 1. The van der Waals surface area contributed by atoms with Crippen LogP contribution in [0.2, 0.25) is 0 Å². The lowest BCUT2D eigenvalue weighted by Crippen LogP contribution is -2.52. The van der Waals surface area contributed by atoms with Crippen molar-refractivity contribution in [3.05, 3.63) is 30.1 Å². The molecule has 1 atom stereocenters. The van der Waals surface area contributed by atoms with Gasteiger partial charge in [-0.15, -0.1) is 0 Å². The van der Waals surface area contributed by atoms with E-state index in [9.17, 15) is 4.39 Å². The topological polar surface area (TPSA) is 15.3 Å². The Labute approximate surface area is 109 Å². The highest BCUT2D eigenvalue weighted by molar-refractivity contribution is 5.49. The Bertz CT molecular complexity index is 386. The molecule has 1 heterocycles. The SMILES string of the molecule is CNCC1CCC(C)(C)N(c2ccc(F)cc2)C1. The van der Waals surface area contributed by atoms with Crippen molar-refractivity contribution in [2.24, 2.45) is 5.92 Å². The fraction of sp³-hybridized carbons (Fsp3) is 0.600. The first-order chi connectivity index (χ1) is 8.53.